The molecular formula is C19H18N2OS2. The fourth-order valence-corrected chi connectivity index (χ4v) is 3.84. The van der Waals surface area contributed by atoms with Crippen molar-refractivity contribution in [1.29, 1.82) is 0 Å². The van der Waals surface area contributed by atoms with Gasteiger partial charge >= 0.3 is 0 Å². The molecule has 0 aliphatic heterocycles. The van der Waals surface area contributed by atoms with Crippen LogP contribution in [0.4, 0.5) is 5.69 Å². The maximum Gasteiger partial charge on any atom is 0.234 e. The van der Waals surface area contributed by atoms with Crippen molar-refractivity contribution in [2.75, 3.05) is 11.1 Å². The fraction of sp³-hybridized carbons (Fsp3) is 0.158. The summed E-state index contributed by atoms with van der Waals surface area (Å²) in [5.41, 5.74) is 5.29. The SMILES string of the molecule is Cc1ccc(NC(=O)CSc2nc(-c3ccccc3)cs2)cc1C. The zero-order valence-electron chi connectivity index (χ0n) is 13.6. The minimum atomic E-state index is -0.0142. The molecule has 0 unspecified atom stereocenters. The fourth-order valence-electron chi connectivity index (χ4n) is 2.21. The molecule has 0 atom stereocenters. The van der Waals surface area contributed by atoms with Crippen LogP contribution in [-0.2, 0) is 4.79 Å². The third-order valence-corrected chi connectivity index (χ3v) is 5.69. The van der Waals surface area contributed by atoms with Crippen molar-refractivity contribution in [3.63, 3.8) is 0 Å². The topological polar surface area (TPSA) is 42.0 Å². The average Bonchev–Trinajstić information content (AvgIpc) is 3.06. The summed E-state index contributed by atoms with van der Waals surface area (Å²) in [4.78, 5) is 16.7. The summed E-state index contributed by atoms with van der Waals surface area (Å²) in [5, 5.41) is 4.96. The number of aryl methyl sites for hydroxylation is 2. The monoisotopic (exact) mass is 354 g/mol. The van der Waals surface area contributed by atoms with E-state index in [1.807, 2.05) is 60.8 Å². The van der Waals surface area contributed by atoms with Crippen molar-refractivity contribution in [2.24, 2.45) is 0 Å². The second kappa shape index (κ2) is 7.64. The first-order valence-corrected chi connectivity index (χ1v) is 9.49. The Balaban J connectivity index is 1.56. The predicted octanol–water partition coefficient (Wildman–Crippen LogP) is 5.16. The Bertz CT molecular complexity index is 844. The van der Waals surface area contributed by atoms with Gasteiger partial charge in [-0.15, -0.1) is 11.3 Å². The Morgan fingerprint density at radius 3 is 2.67 bits per heavy atom. The van der Waals surface area contributed by atoms with Crippen LogP contribution in [0.5, 0.6) is 0 Å². The average molecular weight is 355 g/mol. The second-order valence-corrected chi connectivity index (χ2v) is 7.58. The molecule has 0 radical (unpaired) electrons. The van der Waals surface area contributed by atoms with Gasteiger partial charge < -0.3 is 5.32 Å². The molecule has 0 aliphatic carbocycles. The lowest BCUT2D eigenvalue weighted by atomic mass is 10.1. The van der Waals surface area contributed by atoms with Crippen LogP contribution in [-0.4, -0.2) is 16.6 Å². The molecule has 0 saturated heterocycles. The smallest absolute Gasteiger partial charge is 0.234 e. The highest BCUT2D eigenvalue weighted by molar-refractivity contribution is 8.01. The van der Waals surface area contributed by atoms with Crippen LogP contribution >= 0.6 is 23.1 Å². The summed E-state index contributed by atoms with van der Waals surface area (Å²) < 4.78 is 0.907. The van der Waals surface area contributed by atoms with E-state index in [0.29, 0.717) is 5.75 Å². The summed E-state index contributed by atoms with van der Waals surface area (Å²) in [6, 6.07) is 16.0. The lowest BCUT2D eigenvalue weighted by Gasteiger charge is -2.07. The Hall–Kier alpha value is -2.11. The van der Waals surface area contributed by atoms with Crippen LogP contribution in [0.2, 0.25) is 0 Å². The van der Waals surface area contributed by atoms with Crippen LogP contribution in [0.25, 0.3) is 11.3 Å². The quantitative estimate of drug-likeness (QED) is 0.644. The van der Waals surface area contributed by atoms with Gasteiger partial charge in [-0.2, -0.15) is 0 Å². The van der Waals surface area contributed by atoms with Crippen LogP contribution in [0.15, 0.2) is 58.3 Å². The molecule has 1 heterocycles. The van der Waals surface area contributed by atoms with Gasteiger partial charge in [0.25, 0.3) is 0 Å². The summed E-state index contributed by atoms with van der Waals surface area (Å²) in [7, 11) is 0. The predicted molar refractivity (Wildman–Crippen MR) is 103 cm³/mol. The van der Waals surface area contributed by atoms with Gasteiger partial charge in [0.15, 0.2) is 4.34 Å². The van der Waals surface area contributed by atoms with E-state index < -0.39 is 0 Å². The van der Waals surface area contributed by atoms with Gasteiger partial charge in [0.2, 0.25) is 5.91 Å². The number of nitrogens with zero attached hydrogens (tertiary/aromatic N) is 1. The molecule has 0 saturated carbocycles. The lowest BCUT2D eigenvalue weighted by Crippen LogP contribution is -2.14. The molecule has 1 amide bonds. The Kier molecular flexibility index (Phi) is 5.33. The standard InChI is InChI=1S/C19H18N2OS2/c1-13-8-9-16(10-14(13)2)20-18(22)12-24-19-21-17(11-23-19)15-6-4-3-5-7-15/h3-11H,12H2,1-2H3,(H,20,22). The summed E-state index contributed by atoms with van der Waals surface area (Å²) in [6.45, 7) is 4.10. The zero-order valence-corrected chi connectivity index (χ0v) is 15.2. The molecule has 1 N–H and O–H groups in total. The van der Waals surface area contributed by atoms with Crippen molar-refractivity contribution in [2.45, 2.75) is 18.2 Å². The van der Waals surface area contributed by atoms with Crippen molar-refractivity contribution < 1.29 is 4.79 Å². The first-order chi connectivity index (χ1) is 11.6. The number of hydrogen-bond acceptors (Lipinski definition) is 4. The Morgan fingerprint density at radius 2 is 1.92 bits per heavy atom. The molecule has 3 aromatic rings. The van der Waals surface area contributed by atoms with Gasteiger partial charge in [0.1, 0.15) is 0 Å². The Morgan fingerprint density at radius 1 is 1.12 bits per heavy atom. The third-order valence-electron chi connectivity index (χ3n) is 3.67. The number of rotatable bonds is 5. The van der Waals surface area contributed by atoms with E-state index in [9.17, 15) is 4.79 Å². The van der Waals surface area contributed by atoms with Crippen LogP contribution in [0.1, 0.15) is 11.1 Å². The molecule has 0 spiro atoms. The molecule has 0 aliphatic rings. The normalized spacial score (nSPS) is 10.6. The van der Waals surface area contributed by atoms with Gasteiger partial charge in [-0.3, -0.25) is 4.79 Å². The van der Waals surface area contributed by atoms with Crippen molar-refractivity contribution >= 4 is 34.7 Å². The van der Waals surface area contributed by atoms with Crippen molar-refractivity contribution in [1.82, 2.24) is 4.98 Å². The van der Waals surface area contributed by atoms with E-state index in [4.69, 9.17) is 0 Å². The molecule has 1 aromatic heterocycles. The van der Waals surface area contributed by atoms with Gasteiger partial charge in [-0.25, -0.2) is 4.98 Å². The maximum atomic E-state index is 12.1. The molecular weight excluding hydrogens is 336 g/mol. The maximum absolute atomic E-state index is 12.1. The van der Waals surface area contributed by atoms with E-state index >= 15 is 0 Å². The number of thiazole rings is 1. The summed E-state index contributed by atoms with van der Waals surface area (Å²) in [5.74, 6) is 0.342. The van der Waals surface area contributed by atoms with Crippen LogP contribution in [0, 0.1) is 13.8 Å². The van der Waals surface area contributed by atoms with Crippen LogP contribution in [0.3, 0.4) is 0 Å². The number of aromatic nitrogens is 1. The molecule has 2 aromatic carbocycles. The first-order valence-electron chi connectivity index (χ1n) is 7.62. The minimum absolute atomic E-state index is 0.0142. The van der Waals surface area contributed by atoms with Crippen molar-refractivity contribution in [3.8, 4) is 11.3 Å². The van der Waals surface area contributed by atoms with E-state index in [1.54, 1.807) is 11.3 Å². The number of carbonyl (C=O) groups is 1. The number of thioether (sulfide) groups is 1. The number of hydrogen-bond donors (Lipinski definition) is 1. The molecule has 24 heavy (non-hydrogen) atoms. The Labute approximate surface area is 150 Å². The molecule has 122 valence electrons. The van der Waals surface area contributed by atoms with Gasteiger partial charge in [-0.05, 0) is 37.1 Å². The zero-order chi connectivity index (χ0) is 16.9. The largest absolute Gasteiger partial charge is 0.325 e. The van der Waals surface area contributed by atoms with E-state index in [1.165, 1.54) is 22.9 Å². The number of carbonyl (C=O) groups excluding carboxylic acids is 1. The summed E-state index contributed by atoms with van der Waals surface area (Å²) in [6.07, 6.45) is 0. The van der Waals surface area contributed by atoms with Crippen molar-refractivity contribution in [3.05, 3.63) is 65.0 Å². The number of benzene rings is 2. The molecule has 3 rings (SSSR count). The number of nitrogens with one attached hydrogen (secondary N) is 1. The highest BCUT2D eigenvalue weighted by Crippen LogP contribution is 2.28. The number of amides is 1. The van der Waals surface area contributed by atoms with E-state index in [0.717, 1.165) is 21.3 Å². The lowest BCUT2D eigenvalue weighted by molar-refractivity contribution is -0.113. The third kappa shape index (κ3) is 4.24. The van der Waals surface area contributed by atoms with E-state index in [2.05, 4.69) is 17.2 Å². The molecule has 0 bridgehead atoms. The highest BCUT2D eigenvalue weighted by Gasteiger charge is 2.08. The summed E-state index contributed by atoms with van der Waals surface area (Å²) >= 11 is 3.03. The highest BCUT2D eigenvalue weighted by atomic mass is 32.2. The molecule has 3 nitrogen and oxygen atoms in total. The van der Waals surface area contributed by atoms with Gasteiger partial charge in [-0.1, -0.05) is 48.2 Å². The molecule has 0 fully saturated rings. The van der Waals surface area contributed by atoms with Crippen LogP contribution < -0.4 is 5.32 Å². The minimum Gasteiger partial charge on any atom is -0.325 e. The first kappa shape index (κ1) is 16.7. The van der Waals surface area contributed by atoms with E-state index in [-0.39, 0.29) is 5.91 Å². The second-order valence-electron chi connectivity index (χ2n) is 5.50. The van der Waals surface area contributed by atoms with Gasteiger partial charge in [0.05, 0.1) is 11.4 Å². The number of anilines is 1. The van der Waals surface area contributed by atoms with Gasteiger partial charge in [0, 0.05) is 16.6 Å². The molecule has 5 heteroatoms.